The van der Waals surface area contributed by atoms with Crippen LogP contribution in [0.3, 0.4) is 0 Å². The van der Waals surface area contributed by atoms with E-state index in [0.717, 1.165) is 24.0 Å². The zero-order chi connectivity index (χ0) is 25.6. The summed E-state index contributed by atoms with van der Waals surface area (Å²) in [5.74, 6) is 0.634. The Morgan fingerprint density at radius 1 is 0.889 bits per heavy atom. The highest BCUT2D eigenvalue weighted by Gasteiger charge is 2.26. The summed E-state index contributed by atoms with van der Waals surface area (Å²) in [7, 11) is -6.18. The molecule has 0 aliphatic carbocycles. The largest absolute Gasteiger partial charge is 0.497 e. The van der Waals surface area contributed by atoms with Gasteiger partial charge in [0.25, 0.3) is 0 Å². The van der Waals surface area contributed by atoms with Gasteiger partial charge in [-0.05, 0) is 60.4 Å². The zero-order valence-corrected chi connectivity index (χ0v) is 21.7. The third-order valence-electron chi connectivity index (χ3n) is 5.99. The molecule has 1 N–H and O–H groups in total. The molecule has 0 radical (unpaired) electrons. The molecule has 192 valence electrons. The summed E-state index contributed by atoms with van der Waals surface area (Å²) in [5, 5.41) is 0. The van der Waals surface area contributed by atoms with Gasteiger partial charge in [0, 0.05) is 26.2 Å². The average molecular weight is 531 g/mol. The van der Waals surface area contributed by atoms with E-state index in [0.29, 0.717) is 12.4 Å². The summed E-state index contributed by atoms with van der Waals surface area (Å²) in [6.07, 6.45) is 1.58. The number of sulfonamides is 2. The molecule has 1 aliphatic rings. The van der Waals surface area contributed by atoms with E-state index < -0.39 is 20.0 Å². The van der Waals surface area contributed by atoms with Gasteiger partial charge in [-0.1, -0.05) is 42.5 Å². The summed E-state index contributed by atoms with van der Waals surface area (Å²) in [5.41, 5.74) is 1.60. The van der Waals surface area contributed by atoms with Crippen LogP contribution in [0.5, 0.6) is 5.75 Å². The van der Waals surface area contributed by atoms with Crippen LogP contribution in [-0.2, 0) is 37.9 Å². The first-order valence-corrected chi connectivity index (χ1v) is 14.6. The highest BCUT2D eigenvalue weighted by atomic mass is 32.2. The molecule has 8 nitrogen and oxygen atoms in total. The molecule has 1 aliphatic heterocycles. The predicted molar refractivity (Wildman–Crippen MR) is 136 cm³/mol. The van der Waals surface area contributed by atoms with Crippen LogP contribution in [0, 0.1) is 0 Å². The third kappa shape index (κ3) is 6.51. The van der Waals surface area contributed by atoms with Crippen molar-refractivity contribution < 1.29 is 26.3 Å². The lowest BCUT2D eigenvalue weighted by atomic mass is 10.2. The number of nitrogens with zero attached hydrogens (tertiary/aromatic N) is 1. The Hall–Kier alpha value is -2.76. The first-order chi connectivity index (χ1) is 17.3. The van der Waals surface area contributed by atoms with Gasteiger partial charge >= 0.3 is 0 Å². The Morgan fingerprint density at radius 3 is 2.22 bits per heavy atom. The Labute approximate surface area is 213 Å². The van der Waals surface area contributed by atoms with Gasteiger partial charge in [0.15, 0.2) is 0 Å². The smallest absolute Gasteiger partial charge is 0.243 e. The molecule has 0 aromatic heterocycles. The van der Waals surface area contributed by atoms with Gasteiger partial charge in [-0.3, -0.25) is 0 Å². The van der Waals surface area contributed by atoms with E-state index in [1.165, 1.54) is 28.6 Å². The molecule has 1 atom stereocenters. The van der Waals surface area contributed by atoms with Gasteiger partial charge in [0.2, 0.25) is 20.0 Å². The van der Waals surface area contributed by atoms with E-state index in [2.05, 4.69) is 4.72 Å². The molecule has 36 heavy (non-hydrogen) atoms. The number of benzene rings is 3. The van der Waals surface area contributed by atoms with Crippen molar-refractivity contribution in [2.24, 2.45) is 0 Å². The molecule has 1 heterocycles. The maximum atomic E-state index is 13.7. The van der Waals surface area contributed by atoms with Gasteiger partial charge in [-0.25, -0.2) is 21.6 Å². The molecule has 4 rings (SSSR count). The number of methoxy groups -OCH3 is 1. The van der Waals surface area contributed by atoms with Crippen LogP contribution >= 0.6 is 0 Å². The van der Waals surface area contributed by atoms with Crippen molar-refractivity contribution in [3.63, 3.8) is 0 Å². The minimum Gasteiger partial charge on any atom is -0.497 e. The second kappa shape index (κ2) is 11.5. The van der Waals surface area contributed by atoms with Crippen molar-refractivity contribution >= 4 is 20.0 Å². The van der Waals surface area contributed by atoms with Crippen LogP contribution in [0.25, 0.3) is 0 Å². The number of hydrogen-bond donors (Lipinski definition) is 1. The minimum atomic E-state index is -3.95. The Bertz CT molecular complexity index is 1360. The Balaban J connectivity index is 1.57. The molecule has 1 fully saturated rings. The van der Waals surface area contributed by atoms with Crippen LogP contribution in [0.4, 0.5) is 0 Å². The van der Waals surface area contributed by atoms with E-state index in [4.69, 9.17) is 9.47 Å². The lowest BCUT2D eigenvalue weighted by molar-refractivity contribution is 0.114. The van der Waals surface area contributed by atoms with E-state index in [1.54, 1.807) is 19.2 Å². The van der Waals surface area contributed by atoms with Crippen LogP contribution in [0.15, 0.2) is 88.7 Å². The number of ether oxygens (including phenoxy) is 2. The van der Waals surface area contributed by atoms with Crippen LogP contribution < -0.4 is 9.46 Å². The topological polar surface area (TPSA) is 102 Å². The van der Waals surface area contributed by atoms with E-state index in [1.807, 2.05) is 42.5 Å². The molecule has 0 bridgehead atoms. The van der Waals surface area contributed by atoms with Crippen molar-refractivity contribution in [3.8, 4) is 5.75 Å². The van der Waals surface area contributed by atoms with Crippen molar-refractivity contribution in [1.29, 1.82) is 0 Å². The van der Waals surface area contributed by atoms with E-state index >= 15 is 0 Å². The quantitative estimate of drug-likeness (QED) is 0.407. The fourth-order valence-corrected chi connectivity index (χ4v) is 6.50. The van der Waals surface area contributed by atoms with E-state index in [9.17, 15) is 16.8 Å². The molecule has 3 aromatic rings. The standard InChI is InChI=1S/C26H30N2O6S2/c1-33-23-10-5-9-22(17-23)20-28(19-21-7-3-2-4-8-21)36(31,32)26-14-12-25(13-15-26)35(29,30)27-18-24-11-6-16-34-24/h2-5,7-10,12-15,17,24,27H,6,11,16,18-20H2,1H3. The minimum absolute atomic E-state index is 0.00171. The average Bonchev–Trinajstić information content (AvgIpc) is 3.42. The summed E-state index contributed by atoms with van der Waals surface area (Å²) in [4.78, 5) is 0.0151. The van der Waals surface area contributed by atoms with Crippen LogP contribution in [0.1, 0.15) is 24.0 Å². The van der Waals surface area contributed by atoms with Gasteiger partial charge < -0.3 is 9.47 Å². The second-order valence-electron chi connectivity index (χ2n) is 8.57. The summed E-state index contributed by atoms with van der Waals surface area (Å²) >= 11 is 0. The summed E-state index contributed by atoms with van der Waals surface area (Å²) < 4.78 is 67.4. The van der Waals surface area contributed by atoms with Crippen LogP contribution in [0.2, 0.25) is 0 Å². The molecule has 0 saturated carbocycles. The number of nitrogens with one attached hydrogen (secondary N) is 1. The van der Waals surface area contributed by atoms with Crippen molar-refractivity contribution in [2.75, 3.05) is 20.3 Å². The third-order valence-corrected chi connectivity index (χ3v) is 9.24. The molecular weight excluding hydrogens is 500 g/mol. The first-order valence-electron chi connectivity index (χ1n) is 11.7. The fraction of sp³-hybridized carbons (Fsp3) is 0.308. The highest BCUT2D eigenvalue weighted by Crippen LogP contribution is 2.24. The summed E-state index contributed by atoms with van der Waals surface area (Å²) in [6, 6.07) is 21.9. The molecule has 3 aromatic carbocycles. The predicted octanol–water partition coefficient (Wildman–Crippen LogP) is 3.54. The first kappa shape index (κ1) is 26.3. The van der Waals surface area contributed by atoms with Gasteiger partial charge in [0.05, 0.1) is 23.0 Å². The van der Waals surface area contributed by atoms with E-state index in [-0.39, 0.29) is 35.5 Å². The van der Waals surface area contributed by atoms with Crippen molar-refractivity contribution in [2.45, 2.75) is 41.8 Å². The number of hydrogen-bond acceptors (Lipinski definition) is 6. The normalized spacial score (nSPS) is 16.3. The van der Waals surface area contributed by atoms with Crippen LogP contribution in [-0.4, -0.2) is 47.5 Å². The lowest BCUT2D eigenvalue weighted by Crippen LogP contribution is -2.32. The SMILES string of the molecule is COc1cccc(CN(Cc2ccccc2)S(=O)(=O)c2ccc(S(=O)(=O)NCC3CCCO3)cc2)c1. The fourth-order valence-electron chi connectivity index (χ4n) is 4.02. The highest BCUT2D eigenvalue weighted by molar-refractivity contribution is 7.89. The molecule has 10 heteroatoms. The van der Waals surface area contributed by atoms with Gasteiger partial charge in [0.1, 0.15) is 5.75 Å². The molecule has 0 spiro atoms. The molecule has 1 unspecified atom stereocenters. The number of rotatable bonds is 11. The lowest BCUT2D eigenvalue weighted by Gasteiger charge is -2.23. The zero-order valence-electron chi connectivity index (χ0n) is 20.0. The monoisotopic (exact) mass is 530 g/mol. The van der Waals surface area contributed by atoms with Crippen molar-refractivity contribution in [3.05, 3.63) is 90.0 Å². The van der Waals surface area contributed by atoms with Gasteiger partial charge in [-0.15, -0.1) is 0 Å². The Morgan fingerprint density at radius 2 is 1.56 bits per heavy atom. The summed E-state index contributed by atoms with van der Waals surface area (Å²) in [6.45, 7) is 1.10. The molecule has 0 amide bonds. The molecular formula is C26H30N2O6S2. The second-order valence-corrected chi connectivity index (χ2v) is 12.3. The maximum Gasteiger partial charge on any atom is 0.243 e. The maximum absolute atomic E-state index is 13.7. The van der Waals surface area contributed by atoms with Gasteiger partial charge in [-0.2, -0.15) is 4.31 Å². The van der Waals surface area contributed by atoms with Crippen molar-refractivity contribution in [1.82, 2.24) is 9.03 Å². The molecule has 1 saturated heterocycles. The Kier molecular flexibility index (Phi) is 8.43.